The van der Waals surface area contributed by atoms with Gasteiger partial charge in [-0.1, -0.05) is 55.9 Å². The van der Waals surface area contributed by atoms with Gasteiger partial charge in [-0.15, -0.1) is 10.2 Å². The van der Waals surface area contributed by atoms with Gasteiger partial charge in [0.15, 0.2) is 17.1 Å². The number of hydrogen-bond acceptors (Lipinski definition) is 6. The van der Waals surface area contributed by atoms with Crippen LogP contribution in [-0.4, -0.2) is 38.4 Å². The van der Waals surface area contributed by atoms with Crippen molar-refractivity contribution in [1.29, 1.82) is 0 Å². The maximum Gasteiger partial charge on any atom is 0.261 e. The zero-order valence-corrected chi connectivity index (χ0v) is 20.8. The quantitative estimate of drug-likeness (QED) is 0.405. The average molecular weight is 482 g/mol. The van der Waals surface area contributed by atoms with Crippen LogP contribution >= 0.6 is 11.8 Å². The number of nitrogens with zero attached hydrogens (tertiary/aromatic N) is 3. The normalized spacial score (nSPS) is 11.6. The monoisotopic (exact) mass is 481 g/mol. The van der Waals surface area contributed by atoms with Gasteiger partial charge in [0.1, 0.15) is 5.75 Å². The summed E-state index contributed by atoms with van der Waals surface area (Å²) in [5, 5.41) is 14.7. The number of aryl methyl sites for hydroxylation is 2. The van der Waals surface area contributed by atoms with Crippen LogP contribution in [0.25, 0.3) is 0 Å². The van der Waals surface area contributed by atoms with E-state index in [1.165, 1.54) is 17.3 Å². The van der Waals surface area contributed by atoms with E-state index in [-0.39, 0.29) is 24.1 Å². The van der Waals surface area contributed by atoms with E-state index >= 15 is 0 Å². The average Bonchev–Trinajstić information content (AvgIpc) is 3.21. The zero-order valence-electron chi connectivity index (χ0n) is 20.0. The largest absolute Gasteiger partial charge is 0.481 e. The van der Waals surface area contributed by atoms with Crippen molar-refractivity contribution in [2.24, 2.45) is 7.05 Å². The van der Waals surface area contributed by atoms with Gasteiger partial charge in [0, 0.05) is 12.7 Å². The summed E-state index contributed by atoms with van der Waals surface area (Å²) in [6.45, 7) is 6.05. The summed E-state index contributed by atoms with van der Waals surface area (Å²) < 4.78 is 7.50. The molecule has 180 valence electrons. The summed E-state index contributed by atoms with van der Waals surface area (Å²) in [6.07, 6.45) is 1.15. The molecule has 34 heavy (non-hydrogen) atoms. The highest BCUT2D eigenvalue weighted by Gasteiger charge is 2.17. The number of benzene rings is 2. The molecule has 2 amide bonds. The molecule has 2 N–H and O–H groups in total. The van der Waals surface area contributed by atoms with Gasteiger partial charge in [-0.3, -0.25) is 9.59 Å². The van der Waals surface area contributed by atoms with Gasteiger partial charge < -0.3 is 19.9 Å². The molecule has 0 spiro atoms. The summed E-state index contributed by atoms with van der Waals surface area (Å²) in [4.78, 5) is 24.8. The lowest BCUT2D eigenvalue weighted by molar-refractivity contribution is -0.127. The van der Waals surface area contributed by atoms with E-state index in [2.05, 4.69) is 34.7 Å². The van der Waals surface area contributed by atoms with Crippen LogP contribution in [0.15, 0.2) is 53.7 Å². The number of amides is 2. The van der Waals surface area contributed by atoms with E-state index in [1.807, 2.05) is 55.6 Å². The second-order valence-corrected chi connectivity index (χ2v) is 8.72. The molecule has 3 rings (SSSR count). The number of thioether (sulfide) groups is 1. The Morgan fingerprint density at radius 2 is 1.79 bits per heavy atom. The Hall–Kier alpha value is -3.33. The minimum Gasteiger partial charge on any atom is -0.481 e. The smallest absolute Gasteiger partial charge is 0.261 e. The lowest BCUT2D eigenvalue weighted by atomic mass is 10.1. The number of para-hydroxylation sites is 1. The van der Waals surface area contributed by atoms with Crippen molar-refractivity contribution in [3.8, 4) is 5.75 Å². The van der Waals surface area contributed by atoms with E-state index in [9.17, 15) is 9.59 Å². The number of nitrogens with one attached hydrogen (secondary N) is 2. The van der Waals surface area contributed by atoms with Crippen molar-refractivity contribution in [3.05, 3.63) is 65.5 Å². The Labute approximate surface area is 204 Å². The first-order valence-corrected chi connectivity index (χ1v) is 12.3. The van der Waals surface area contributed by atoms with Crippen LogP contribution in [0, 0.1) is 0 Å². The Bertz CT molecular complexity index is 1110. The number of ether oxygens (including phenoxy) is 1. The third kappa shape index (κ3) is 6.84. The number of anilines is 1. The number of carbonyl (C=O) groups is 2. The van der Waals surface area contributed by atoms with Crippen LogP contribution in [0.4, 0.5) is 5.69 Å². The van der Waals surface area contributed by atoms with Crippen molar-refractivity contribution in [1.82, 2.24) is 20.1 Å². The fourth-order valence-corrected chi connectivity index (χ4v) is 3.99. The second kappa shape index (κ2) is 12.2. The lowest BCUT2D eigenvalue weighted by Crippen LogP contribution is -2.36. The molecule has 0 aliphatic carbocycles. The van der Waals surface area contributed by atoms with Crippen LogP contribution in [-0.2, 0) is 36.0 Å². The summed E-state index contributed by atoms with van der Waals surface area (Å²) in [5.41, 5.74) is 3.13. The van der Waals surface area contributed by atoms with Gasteiger partial charge in [0.05, 0.1) is 12.3 Å². The first-order chi connectivity index (χ1) is 16.4. The van der Waals surface area contributed by atoms with Gasteiger partial charge in [-0.05, 0) is 49.1 Å². The van der Waals surface area contributed by atoms with Gasteiger partial charge >= 0.3 is 0 Å². The molecule has 2 aromatic carbocycles. The molecule has 0 saturated carbocycles. The first kappa shape index (κ1) is 25.3. The summed E-state index contributed by atoms with van der Waals surface area (Å²) in [6, 6.07) is 15.5. The second-order valence-electron chi connectivity index (χ2n) is 7.78. The molecule has 8 nitrogen and oxygen atoms in total. The molecule has 0 saturated heterocycles. The van der Waals surface area contributed by atoms with Gasteiger partial charge in [-0.2, -0.15) is 0 Å². The molecule has 0 bridgehead atoms. The van der Waals surface area contributed by atoms with Crippen molar-refractivity contribution in [2.45, 2.75) is 51.4 Å². The molecule has 1 aromatic heterocycles. The molecule has 0 radical (unpaired) electrons. The third-order valence-electron chi connectivity index (χ3n) is 5.36. The molecule has 3 aromatic rings. The maximum atomic E-state index is 12.5. The van der Waals surface area contributed by atoms with Crippen LogP contribution < -0.4 is 15.4 Å². The lowest BCUT2D eigenvalue weighted by Gasteiger charge is -2.15. The molecule has 1 heterocycles. The SMILES string of the molecule is CCc1ccc(O[C@@H](C)C(=O)NCc2nnc(SCC(=O)Nc3ccccc3CC)n2C)cc1. The maximum absolute atomic E-state index is 12.5. The molecule has 9 heteroatoms. The van der Waals surface area contributed by atoms with Crippen molar-refractivity contribution in [2.75, 3.05) is 11.1 Å². The predicted molar refractivity (Wildman–Crippen MR) is 134 cm³/mol. The van der Waals surface area contributed by atoms with Crippen LogP contribution in [0.3, 0.4) is 0 Å². The van der Waals surface area contributed by atoms with E-state index in [1.54, 1.807) is 11.5 Å². The highest BCUT2D eigenvalue weighted by molar-refractivity contribution is 7.99. The molecule has 1 atom stereocenters. The van der Waals surface area contributed by atoms with Gasteiger partial charge in [0.25, 0.3) is 5.91 Å². The number of hydrogen-bond donors (Lipinski definition) is 2. The van der Waals surface area contributed by atoms with Crippen molar-refractivity contribution in [3.63, 3.8) is 0 Å². The molecular formula is C25H31N5O3S. The fraction of sp³-hybridized carbons (Fsp3) is 0.360. The van der Waals surface area contributed by atoms with Crippen LogP contribution in [0.5, 0.6) is 5.75 Å². The molecule has 0 aliphatic rings. The Morgan fingerprint density at radius 1 is 1.06 bits per heavy atom. The summed E-state index contributed by atoms with van der Waals surface area (Å²) in [7, 11) is 1.81. The van der Waals surface area contributed by atoms with E-state index in [4.69, 9.17) is 4.74 Å². The standard InChI is InChI=1S/C25H31N5O3S/c1-5-18-11-13-20(14-12-18)33-17(3)24(32)26-15-22-28-29-25(30(22)4)34-16-23(31)27-21-10-8-7-9-19(21)6-2/h7-14,17H,5-6,15-16H2,1-4H3,(H,26,32)(H,27,31)/t17-/m0/s1. The van der Waals surface area contributed by atoms with Crippen molar-refractivity contribution < 1.29 is 14.3 Å². The Kier molecular flexibility index (Phi) is 9.09. The van der Waals surface area contributed by atoms with Crippen LogP contribution in [0.1, 0.15) is 37.7 Å². The highest BCUT2D eigenvalue weighted by Crippen LogP contribution is 2.19. The number of carbonyl (C=O) groups excluding carboxylic acids is 2. The van der Waals surface area contributed by atoms with Crippen LogP contribution in [0.2, 0.25) is 0 Å². The molecule has 0 unspecified atom stereocenters. The Morgan fingerprint density at radius 3 is 2.50 bits per heavy atom. The van der Waals surface area contributed by atoms with E-state index in [0.717, 1.165) is 24.1 Å². The molecule has 0 aliphatic heterocycles. The van der Waals surface area contributed by atoms with Gasteiger partial charge in [0.2, 0.25) is 5.91 Å². The van der Waals surface area contributed by atoms with E-state index in [0.29, 0.717) is 16.7 Å². The minimum atomic E-state index is -0.649. The summed E-state index contributed by atoms with van der Waals surface area (Å²) in [5.74, 6) is 1.09. The summed E-state index contributed by atoms with van der Waals surface area (Å²) >= 11 is 1.29. The number of rotatable bonds is 11. The minimum absolute atomic E-state index is 0.110. The predicted octanol–water partition coefficient (Wildman–Crippen LogP) is 3.75. The zero-order chi connectivity index (χ0) is 24.5. The molecular weight excluding hydrogens is 450 g/mol. The topological polar surface area (TPSA) is 98.1 Å². The van der Waals surface area contributed by atoms with Crippen molar-refractivity contribution >= 4 is 29.3 Å². The fourth-order valence-electron chi connectivity index (χ4n) is 3.26. The van der Waals surface area contributed by atoms with Gasteiger partial charge in [-0.25, -0.2) is 0 Å². The van der Waals surface area contributed by atoms with E-state index < -0.39 is 6.10 Å². The highest BCUT2D eigenvalue weighted by atomic mass is 32.2. The Balaban J connectivity index is 1.47. The third-order valence-corrected chi connectivity index (χ3v) is 6.38. The first-order valence-electron chi connectivity index (χ1n) is 11.3. The number of aromatic nitrogens is 3. The molecule has 0 fully saturated rings.